The number of aromatic nitrogens is 1. The Labute approximate surface area is 284 Å². The average Bonchev–Trinajstić information content (AvgIpc) is 3.88. The van der Waals surface area contributed by atoms with Gasteiger partial charge in [0.25, 0.3) is 5.56 Å². The molecule has 1 aliphatic heterocycles. The highest BCUT2D eigenvalue weighted by atomic mass is 16.7. The number of aryl methyl sites for hydroxylation is 2. The lowest BCUT2D eigenvalue weighted by molar-refractivity contribution is -0.139. The Morgan fingerprint density at radius 3 is 2.31 bits per heavy atom. The van der Waals surface area contributed by atoms with Crippen LogP contribution in [0, 0.1) is 5.92 Å². The van der Waals surface area contributed by atoms with E-state index in [0.717, 1.165) is 42.6 Å². The maximum atomic E-state index is 14.8. The minimum atomic E-state index is -0.683. The van der Waals surface area contributed by atoms with E-state index in [1.807, 2.05) is 37.8 Å². The first-order chi connectivity index (χ1) is 22.9. The molecule has 12 nitrogen and oxygen atoms in total. The number of likely N-dealkylation sites (tertiary alicyclic amines) is 1. The molecule has 2 aromatic rings. The second-order valence-corrected chi connectivity index (χ2v) is 13.6. The predicted octanol–water partition coefficient (Wildman–Crippen LogP) is 4.50. The zero-order chi connectivity index (χ0) is 34.8. The summed E-state index contributed by atoms with van der Waals surface area (Å²) in [5.74, 6) is 0.136. The van der Waals surface area contributed by atoms with Gasteiger partial charge in [-0.1, -0.05) is 6.07 Å². The summed E-state index contributed by atoms with van der Waals surface area (Å²) in [4.78, 5) is 44.6. The fourth-order valence-corrected chi connectivity index (χ4v) is 6.11. The summed E-state index contributed by atoms with van der Waals surface area (Å²) in [5, 5.41) is 0. The van der Waals surface area contributed by atoms with E-state index in [9.17, 15) is 14.4 Å². The molecule has 2 atom stereocenters. The molecule has 1 aromatic carbocycles. The highest BCUT2D eigenvalue weighted by Crippen LogP contribution is 2.41. The molecule has 0 unspecified atom stereocenters. The zero-order valence-corrected chi connectivity index (χ0v) is 29.6. The van der Waals surface area contributed by atoms with Crippen LogP contribution >= 0.6 is 0 Å². The monoisotopic (exact) mass is 671 g/mol. The first-order valence-corrected chi connectivity index (χ1v) is 16.8. The van der Waals surface area contributed by atoms with Crippen LogP contribution in [-0.2, 0) is 43.8 Å². The van der Waals surface area contributed by atoms with Gasteiger partial charge in [0.15, 0.2) is 6.79 Å². The molecule has 1 saturated carbocycles. The molecule has 0 radical (unpaired) electrons. The SMILES string of the molecule is COCCCc1cc(CN(C(=O)[C@H]2CN(C(=O)OC(C)(C)C)CC[C@@H]2c2cc(=O)n(C)cc2OCOC)C2CC2)cc(OCCOC)c1. The van der Waals surface area contributed by atoms with Gasteiger partial charge in [-0.15, -0.1) is 0 Å². The van der Waals surface area contributed by atoms with Crippen LogP contribution in [0.15, 0.2) is 35.3 Å². The van der Waals surface area contributed by atoms with Gasteiger partial charge in [-0.25, -0.2) is 4.79 Å². The molecule has 266 valence electrons. The molecule has 48 heavy (non-hydrogen) atoms. The summed E-state index contributed by atoms with van der Waals surface area (Å²) in [5.41, 5.74) is 1.82. The molecule has 4 rings (SSSR count). The van der Waals surface area contributed by atoms with Gasteiger partial charge < -0.3 is 42.8 Å². The molecular weight excluding hydrogens is 618 g/mol. The number of pyridine rings is 1. The molecule has 2 amide bonds. The maximum Gasteiger partial charge on any atom is 0.410 e. The second kappa shape index (κ2) is 17.2. The highest BCUT2D eigenvalue weighted by Gasteiger charge is 2.44. The van der Waals surface area contributed by atoms with E-state index >= 15 is 0 Å². The fourth-order valence-electron chi connectivity index (χ4n) is 6.11. The van der Waals surface area contributed by atoms with Gasteiger partial charge in [0.05, 0.1) is 12.5 Å². The molecular formula is C36H53N3O9. The summed E-state index contributed by atoms with van der Waals surface area (Å²) in [6.07, 6.45) is 5.10. The lowest BCUT2D eigenvalue weighted by atomic mass is 9.79. The number of nitrogens with zero attached hydrogens (tertiary/aromatic N) is 3. The first-order valence-electron chi connectivity index (χ1n) is 16.8. The van der Waals surface area contributed by atoms with Crippen LogP contribution in [0.1, 0.15) is 69.1 Å². The zero-order valence-electron chi connectivity index (χ0n) is 29.6. The van der Waals surface area contributed by atoms with Gasteiger partial charge in [0.1, 0.15) is 23.7 Å². The summed E-state index contributed by atoms with van der Waals surface area (Å²) >= 11 is 0. The Balaban J connectivity index is 1.69. The van der Waals surface area contributed by atoms with Crippen molar-refractivity contribution in [2.24, 2.45) is 13.0 Å². The Morgan fingerprint density at radius 1 is 0.917 bits per heavy atom. The van der Waals surface area contributed by atoms with E-state index < -0.39 is 17.6 Å². The smallest absolute Gasteiger partial charge is 0.410 e. The quantitative estimate of drug-likeness (QED) is 0.188. The maximum absolute atomic E-state index is 14.8. The molecule has 2 fully saturated rings. The number of amides is 2. The van der Waals surface area contributed by atoms with Crippen LogP contribution in [0.25, 0.3) is 0 Å². The minimum absolute atomic E-state index is 0.00965. The van der Waals surface area contributed by atoms with Crippen molar-refractivity contribution >= 4 is 12.0 Å². The van der Waals surface area contributed by atoms with E-state index in [1.165, 1.54) is 11.7 Å². The van der Waals surface area contributed by atoms with Gasteiger partial charge in [0.2, 0.25) is 5.91 Å². The van der Waals surface area contributed by atoms with Gasteiger partial charge in [-0.2, -0.15) is 0 Å². The van der Waals surface area contributed by atoms with E-state index in [-0.39, 0.29) is 36.8 Å². The van der Waals surface area contributed by atoms with E-state index in [0.29, 0.717) is 50.6 Å². The van der Waals surface area contributed by atoms with Crippen molar-refractivity contribution in [3.8, 4) is 11.5 Å². The molecule has 2 aliphatic rings. The lowest BCUT2D eigenvalue weighted by Gasteiger charge is -2.41. The highest BCUT2D eigenvalue weighted by molar-refractivity contribution is 5.82. The van der Waals surface area contributed by atoms with Gasteiger partial charge in [0, 0.05) is 84.4 Å². The number of ether oxygens (including phenoxy) is 6. The van der Waals surface area contributed by atoms with Crippen molar-refractivity contribution in [1.29, 1.82) is 0 Å². The van der Waals surface area contributed by atoms with Crippen LogP contribution in [0.4, 0.5) is 4.79 Å². The topological polar surface area (TPSA) is 118 Å². The number of carbonyl (C=O) groups excluding carboxylic acids is 2. The molecule has 1 aromatic heterocycles. The molecule has 0 N–H and O–H groups in total. The Kier molecular flexibility index (Phi) is 13.3. The number of hydrogen-bond acceptors (Lipinski definition) is 9. The van der Waals surface area contributed by atoms with Crippen LogP contribution in [0.5, 0.6) is 11.5 Å². The summed E-state index contributed by atoms with van der Waals surface area (Å²) in [6, 6.07) is 7.78. The molecule has 1 aliphatic carbocycles. The van der Waals surface area contributed by atoms with Gasteiger partial charge in [-0.05, 0) is 76.1 Å². The molecule has 12 heteroatoms. The van der Waals surface area contributed by atoms with Crippen LogP contribution in [0.2, 0.25) is 0 Å². The molecule has 1 saturated heterocycles. The molecule has 0 bridgehead atoms. The predicted molar refractivity (Wildman–Crippen MR) is 180 cm³/mol. The molecule has 2 heterocycles. The average molecular weight is 672 g/mol. The Morgan fingerprint density at radius 2 is 1.65 bits per heavy atom. The minimum Gasteiger partial charge on any atom is -0.491 e. The van der Waals surface area contributed by atoms with E-state index in [4.69, 9.17) is 28.4 Å². The van der Waals surface area contributed by atoms with Gasteiger partial charge >= 0.3 is 6.09 Å². The van der Waals surface area contributed by atoms with Gasteiger partial charge in [-0.3, -0.25) is 9.59 Å². The summed E-state index contributed by atoms with van der Waals surface area (Å²) in [7, 11) is 6.52. The lowest BCUT2D eigenvalue weighted by Crippen LogP contribution is -2.51. The number of hydrogen-bond donors (Lipinski definition) is 0. The number of carbonyl (C=O) groups is 2. The van der Waals surface area contributed by atoms with Crippen molar-refractivity contribution in [2.45, 2.75) is 77.0 Å². The number of rotatable bonds is 16. The summed E-state index contributed by atoms with van der Waals surface area (Å²) < 4.78 is 34.7. The van der Waals surface area contributed by atoms with E-state index in [1.54, 1.807) is 38.4 Å². The van der Waals surface area contributed by atoms with Crippen LogP contribution in [-0.4, -0.2) is 99.0 Å². The number of methoxy groups -OCH3 is 3. The Hall–Kier alpha value is -3.61. The van der Waals surface area contributed by atoms with Crippen molar-refractivity contribution in [1.82, 2.24) is 14.4 Å². The normalized spacial score (nSPS) is 18.0. The van der Waals surface area contributed by atoms with Crippen LogP contribution in [0.3, 0.4) is 0 Å². The van der Waals surface area contributed by atoms with Crippen molar-refractivity contribution in [3.05, 3.63) is 57.5 Å². The summed E-state index contributed by atoms with van der Waals surface area (Å²) in [6.45, 7) is 7.91. The van der Waals surface area contributed by atoms with Crippen molar-refractivity contribution in [3.63, 3.8) is 0 Å². The molecule has 0 spiro atoms. The third kappa shape index (κ3) is 10.4. The fraction of sp³-hybridized carbons (Fsp3) is 0.639. The van der Waals surface area contributed by atoms with Crippen LogP contribution < -0.4 is 15.0 Å². The van der Waals surface area contributed by atoms with Crippen molar-refractivity contribution in [2.75, 3.05) is 61.0 Å². The standard InChI is InChI=1S/C36H53N3O9/c1-36(2,3)48-35(42)38-13-12-29(30-20-33(40)37(4)23-32(30)47-24-45-7)31(22-38)34(41)39(27-10-11-27)21-26-17-25(9-8-14-43-5)18-28(19-26)46-16-15-44-6/h17-20,23,27,29,31H,8-16,21-22,24H2,1-7H3/t29-,31+/m1/s1. The Bertz CT molecular complexity index is 1400. The number of benzene rings is 1. The third-order valence-corrected chi connectivity index (χ3v) is 8.56. The van der Waals surface area contributed by atoms with Crippen molar-refractivity contribution < 1.29 is 38.0 Å². The first kappa shape index (κ1) is 37.2. The largest absolute Gasteiger partial charge is 0.491 e. The second-order valence-electron chi connectivity index (χ2n) is 13.6. The third-order valence-electron chi connectivity index (χ3n) is 8.56. The number of piperidine rings is 1. The van der Waals surface area contributed by atoms with E-state index in [2.05, 4.69) is 6.07 Å².